The quantitative estimate of drug-likeness (QED) is 0.646. The molecule has 0 aliphatic carbocycles. The van der Waals surface area contributed by atoms with Gasteiger partial charge in [-0.2, -0.15) is 0 Å². The molecule has 0 unspecified atom stereocenters. The van der Waals surface area contributed by atoms with Crippen LogP contribution in [0.3, 0.4) is 0 Å². The van der Waals surface area contributed by atoms with Gasteiger partial charge in [0.05, 0.1) is 0 Å². The van der Waals surface area contributed by atoms with Crippen molar-refractivity contribution >= 4 is 5.91 Å². The molecule has 1 amide bonds. The van der Waals surface area contributed by atoms with Crippen LogP contribution in [0.5, 0.6) is 0 Å². The molecule has 0 radical (unpaired) electrons. The summed E-state index contributed by atoms with van der Waals surface area (Å²) in [5, 5.41) is 3.20. The number of nitrogens with zero attached hydrogens (tertiary/aromatic N) is 2. The van der Waals surface area contributed by atoms with Crippen molar-refractivity contribution in [3.8, 4) is 11.4 Å². The smallest absolute Gasteiger partial charge is 0.221 e. The minimum absolute atomic E-state index is 0.0515. The van der Waals surface area contributed by atoms with E-state index in [4.69, 9.17) is 4.74 Å². The molecule has 1 aliphatic heterocycles. The summed E-state index contributed by atoms with van der Waals surface area (Å²) in [6, 6.07) is 18.7. The molecule has 1 aliphatic rings. The fraction of sp³-hybridized carbons (Fsp3) is 0.360. The van der Waals surface area contributed by atoms with E-state index >= 15 is 0 Å². The van der Waals surface area contributed by atoms with Gasteiger partial charge in [-0.25, -0.2) is 4.98 Å². The van der Waals surface area contributed by atoms with Crippen molar-refractivity contribution in [1.82, 2.24) is 14.9 Å². The molecular formula is C25H29N3O2. The molecule has 5 heteroatoms. The third-order valence-corrected chi connectivity index (χ3v) is 6.03. The number of rotatable bonds is 7. The van der Waals surface area contributed by atoms with Gasteiger partial charge < -0.3 is 14.6 Å². The zero-order valence-corrected chi connectivity index (χ0v) is 17.5. The van der Waals surface area contributed by atoms with Crippen molar-refractivity contribution in [2.75, 3.05) is 19.8 Å². The summed E-state index contributed by atoms with van der Waals surface area (Å²) in [7, 11) is 0. The number of imidazole rings is 1. The topological polar surface area (TPSA) is 56.2 Å². The van der Waals surface area contributed by atoms with Gasteiger partial charge in [0, 0.05) is 56.1 Å². The van der Waals surface area contributed by atoms with E-state index in [1.165, 1.54) is 11.1 Å². The molecule has 3 aromatic rings. The van der Waals surface area contributed by atoms with Crippen molar-refractivity contribution in [3.05, 3.63) is 78.1 Å². The third-order valence-electron chi connectivity index (χ3n) is 6.03. The number of carbonyl (C=O) groups is 1. The molecule has 1 aromatic heterocycles. The molecule has 30 heavy (non-hydrogen) atoms. The predicted octanol–water partition coefficient (Wildman–Crippen LogP) is 4.11. The molecule has 1 saturated heterocycles. The maximum atomic E-state index is 12.7. The largest absolute Gasteiger partial charge is 0.381 e. The van der Waals surface area contributed by atoms with E-state index in [0.717, 1.165) is 37.4 Å². The number of aromatic nitrogens is 2. The molecule has 1 fully saturated rings. The molecule has 4 rings (SSSR count). The molecule has 0 spiro atoms. The van der Waals surface area contributed by atoms with E-state index in [2.05, 4.69) is 41.5 Å². The Morgan fingerprint density at radius 1 is 1.13 bits per heavy atom. The first-order valence-electron chi connectivity index (χ1n) is 10.6. The van der Waals surface area contributed by atoms with E-state index in [0.29, 0.717) is 19.5 Å². The number of aryl methyl sites for hydroxylation is 2. The predicted molar refractivity (Wildman–Crippen MR) is 118 cm³/mol. The van der Waals surface area contributed by atoms with Crippen LogP contribution >= 0.6 is 0 Å². The SMILES string of the molecule is Cc1cccc(C2(CNC(=O)CCn3ccnc3-c3ccccc3)CCOCC2)c1. The second-order valence-electron chi connectivity index (χ2n) is 8.10. The number of ether oxygens (including phenoxy) is 1. The van der Waals surface area contributed by atoms with Gasteiger partial charge in [0.1, 0.15) is 5.82 Å². The Morgan fingerprint density at radius 2 is 1.93 bits per heavy atom. The zero-order valence-electron chi connectivity index (χ0n) is 17.5. The molecule has 5 nitrogen and oxygen atoms in total. The average Bonchev–Trinajstić information content (AvgIpc) is 3.26. The highest BCUT2D eigenvalue weighted by molar-refractivity contribution is 5.76. The summed E-state index contributed by atoms with van der Waals surface area (Å²) in [5.41, 5.74) is 3.55. The van der Waals surface area contributed by atoms with Crippen molar-refractivity contribution in [2.24, 2.45) is 0 Å². The summed E-state index contributed by atoms with van der Waals surface area (Å²) >= 11 is 0. The van der Waals surface area contributed by atoms with Crippen LogP contribution in [0.1, 0.15) is 30.4 Å². The Balaban J connectivity index is 1.39. The number of hydrogen-bond acceptors (Lipinski definition) is 3. The van der Waals surface area contributed by atoms with Gasteiger partial charge in [0.25, 0.3) is 0 Å². The fourth-order valence-electron chi connectivity index (χ4n) is 4.22. The van der Waals surface area contributed by atoms with Gasteiger partial charge in [-0.05, 0) is 25.3 Å². The highest BCUT2D eigenvalue weighted by atomic mass is 16.5. The van der Waals surface area contributed by atoms with Crippen LogP contribution in [-0.2, 0) is 21.5 Å². The first-order chi connectivity index (χ1) is 14.7. The van der Waals surface area contributed by atoms with Crippen molar-refractivity contribution in [3.63, 3.8) is 0 Å². The minimum Gasteiger partial charge on any atom is -0.381 e. The van der Waals surface area contributed by atoms with Crippen molar-refractivity contribution < 1.29 is 9.53 Å². The average molecular weight is 404 g/mol. The van der Waals surface area contributed by atoms with Crippen LogP contribution in [0.4, 0.5) is 0 Å². The Hall–Kier alpha value is -2.92. The minimum atomic E-state index is -0.0515. The summed E-state index contributed by atoms with van der Waals surface area (Å²) < 4.78 is 7.65. The van der Waals surface area contributed by atoms with Crippen molar-refractivity contribution in [1.29, 1.82) is 0 Å². The van der Waals surface area contributed by atoms with Crippen molar-refractivity contribution in [2.45, 2.75) is 38.1 Å². The molecule has 0 atom stereocenters. The van der Waals surface area contributed by atoms with Crippen LogP contribution in [0.2, 0.25) is 0 Å². The maximum Gasteiger partial charge on any atom is 0.221 e. The number of hydrogen-bond donors (Lipinski definition) is 1. The lowest BCUT2D eigenvalue weighted by molar-refractivity contribution is -0.121. The highest BCUT2D eigenvalue weighted by Gasteiger charge is 2.34. The molecular weight excluding hydrogens is 374 g/mol. The monoisotopic (exact) mass is 403 g/mol. The number of amides is 1. The van der Waals surface area contributed by atoms with Crippen LogP contribution in [-0.4, -0.2) is 35.2 Å². The van der Waals surface area contributed by atoms with Gasteiger partial charge >= 0.3 is 0 Å². The van der Waals surface area contributed by atoms with Crippen LogP contribution in [0, 0.1) is 6.92 Å². The van der Waals surface area contributed by atoms with Crippen LogP contribution in [0.25, 0.3) is 11.4 Å². The normalized spacial score (nSPS) is 15.6. The molecule has 1 N–H and O–H groups in total. The van der Waals surface area contributed by atoms with E-state index in [1.54, 1.807) is 6.20 Å². The second kappa shape index (κ2) is 9.26. The molecule has 0 saturated carbocycles. The zero-order chi connectivity index (χ0) is 20.8. The molecule has 0 bridgehead atoms. The Kier molecular flexibility index (Phi) is 6.29. The van der Waals surface area contributed by atoms with Gasteiger partial charge in [0.2, 0.25) is 5.91 Å². The lowest BCUT2D eigenvalue weighted by Gasteiger charge is -2.38. The summed E-state index contributed by atoms with van der Waals surface area (Å²) in [5.74, 6) is 0.963. The lowest BCUT2D eigenvalue weighted by atomic mass is 9.73. The van der Waals surface area contributed by atoms with Gasteiger partial charge in [-0.15, -0.1) is 0 Å². The van der Waals surface area contributed by atoms with E-state index in [1.807, 2.05) is 41.1 Å². The first-order valence-corrected chi connectivity index (χ1v) is 10.6. The van der Waals surface area contributed by atoms with E-state index in [-0.39, 0.29) is 11.3 Å². The first kappa shape index (κ1) is 20.4. The summed E-state index contributed by atoms with van der Waals surface area (Å²) in [6.45, 7) is 4.84. The van der Waals surface area contributed by atoms with E-state index < -0.39 is 0 Å². The van der Waals surface area contributed by atoms with Crippen LogP contribution < -0.4 is 5.32 Å². The Labute approximate surface area is 178 Å². The number of benzene rings is 2. The maximum absolute atomic E-state index is 12.7. The molecule has 2 heterocycles. The standard InChI is InChI=1S/C25H29N3O2/c1-20-6-5-9-22(18-20)25(11-16-30-17-12-25)19-27-23(29)10-14-28-15-13-26-24(28)21-7-3-2-4-8-21/h2-9,13,15,18H,10-12,14,16-17,19H2,1H3,(H,27,29). The molecule has 156 valence electrons. The number of carbonyl (C=O) groups excluding carboxylic acids is 1. The Morgan fingerprint density at radius 3 is 2.70 bits per heavy atom. The summed E-state index contributed by atoms with van der Waals surface area (Å²) in [4.78, 5) is 17.2. The second-order valence-corrected chi connectivity index (χ2v) is 8.10. The van der Waals surface area contributed by atoms with E-state index in [9.17, 15) is 4.79 Å². The van der Waals surface area contributed by atoms with Gasteiger partial charge in [-0.1, -0.05) is 60.2 Å². The third kappa shape index (κ3) is 4.62. The van der Waals surface area contributed by atoms with Gasteiger partial charge in [0.15, 0.2) is 0 Å². The van der Waals surface area contributed by atoms with Gasteiger partial charge in [-0.3, -0.25) is 4.79 Å². The molecule has 2 aromatic carbocycles. The van der Waals surface area contributed by atoms with Crippen LogP contribution in [0.15, 0.2) is 67.0 Å². The lowest BCUT2D eigenvalue weighted by Crippen LogP contribution is -2.44. The highest BCUT2D eigenvalue weighted by Crippen LogP contribution is 2.34. The summed E-state index contributed by atoms with van der Waals surface area (Å²) in [6.07, 6.45) is 6.00. The Bertz CT molecular complexity index is 975. The fourth-order valence-corrected chi connectivity index (χ4v) is 4.22. The number of nitrogens with one attached hydrogen (secondary N) is 1.